The summed E-state index contributed by atoms with van der Waals surface area (Å²) in [6.07, 6.45) is -0.280. The van der Waals surface area contributed by atoms with Gasteiger partial charge >= 0.3 is 6.09 Å². The van der Waals surface area contributed by atoms with E-state index < -0.39 is 6.09 Å². The topological polar surface area (TPSA) is 87.6 Å². The smallest absolute Gasteiger partial charge is 0.404 e. The molecule has 2 N–H and O–H groups in total. The second kappa shape index (κ2) is 6.81. The first-order valence-corrected chi connectivity index (χ1v) is 6.30. The summed E-state index contributed by atoms with van der Waals surface area (Å²) in [7, 11) is 0. The van der Waals surface area contributed by atoms with Gasteiger partial charge in [-0.3, -0.25) is 0 Å². The number of carbonyl (C=O) groups excluding carboxylic acids is 1. The normalized spacial score (nSPS) is 10.2. The Morgan fingerprint density at radius 3 is 2.95 bits per heavy atom. The fourth-order valence-electron chi connectivity index (χ4n) is 1.51. The van der Waals surface area contributed by atoms with Gasteiger partial charge in [-0.15, -0.1) is 0 Å². The number of amides is 1. The van der Waals surface area contributed by atoms with E-state index >= 15 is 0 Å². The van der Waals surface area contributed by atoms with E-state index in [1.807, 2.05) is 12.1 Å². The molecule has 2 aromatic rings. The fraction of sp³-hybridized carbons (Fsp3) is 0.231. The van der Waals surface area contributed by atoms with Crippen LogP contribution in [0.1, 0.15) is 6.42 Å². The molecule has 106 valence electrons. The number of carbonyl (C=O) groups is 1. The predicted octanol–water partition coefficient (Wildman–Crippen LogP) is 2.86. The van der Waals surface area contributed by atoms with Crippen molar-refractivity contribution in [3.63, 3.8) is 0 Å². The van der Waals surface area contributed by atoms with Crippen LogP contribution in [0.15, 0.2) is 34.9 Å². The number of nitrogens with two attached hydrogens (primary N) is 1. The first-order valence-electron chi connectivity index (χ1n) is 5.93. The molecule has 1 amide bonds. The van der Waals surface area contributed by atoms with Crippen molar-refractivity contribution in [3.8, 4) is 17.2 Å². The summed E-state index contributed by atoms with van der Waals surface area (Å²) in [5.41, 5.74) is 5.64. The molecule has 0 atom stereocenters. The Kier molecular flexibility index (Phi) is 4.84. The van der Waals surface area contributed by atoms with E-state index in [2.05, 4.69) is 9.89 Å². The van der Waals surface area contributed by atoms with Crippen LogP contribution in [-0.2, 0) is 4.74 Å². The van der Waals surface area contributed by atoms with Crippen LogP contribution in [0.3, 0.4) is 0 Å². The summed E-state index contributed by atoms with van der Waals surface area (Å²) in [6, 6.07) is 8.89. The van der Waals surface area contributed by atoms with E-state index in [0.29, 0.717) is 29.7 Å². The first-order chi connectivity index (χ1) is 9.65. The number of aromatic nitrogens is 1. The molecule has 0 aliphatic carbocycles. The van der Waals surface area contributed by atoms with Crippen LogP contribution < -0.4 is 10.5 Å². The zero-order chi connectivity index (χ0) is 14.4. The van der Waals surface area contributed by atoms with Crippen molar-refractivity contribution in [2.24, 2.45) is 5.73 Å². The molecule has 0 bridgehead atoms. The lowest BCUT2D eigenvalue weighted by Crippen LogP contribution is -2.15. The van der Waals surface area contributed by atoms with Crippen LogP contribution in [-0.4, -0.2) is 24.5 Å². The summed E-state index contributed by atoms with van der Waals surface area (Å²) < 4.78 is 15.1. The summed E-state index contributed by atoms with van der Waals surface area (Å²) in [5.74, 6) is 0.926. The number of nitrogens with zero attached hydrogens (tertiary/aromatic N) is 1. The van der Waals surface area contributed by atoms with E-state index in [0.717, 1.165) is 5.56 Å². The van der Waals surface area contributed by atoms with Gasteiger partial charge in [0.1, 0.15) is 0 Å². The van der Waals surface area contributed by atoms with Crippen molar-refractivity contribution in [1.29, 1.82) is 0 Å². The number of hydrogen-bond acceptors (Lipinski definition) is 5. The summed E-state index contributed by atoms with van der Waals surface area (Å²) in [4.78, 5) is 10.3. The van der Waals surface area contributed by atoms with Gasteiger partial charge in [0, 0.05) is 23.1 Å². The highest BCUT2D eigenvalue weighted by Crippen LogP contribution is 2.25. The lowest BCUT2D eigenvalue weighted by molar-refractivity contribution is 0.146. The summed E-state index contributed by atoms with van der Waals surface area (Å²) in [6.45, 7) is 0.545. The number of benzene rings is 1. The Labute approximate surface area is 120 Å². The number of halogens is 1. The molecule has 0 spiro atoms. The van der Waals surface area contributed by atoms with Gasteiger partial charge in [0.05, 0.1) is 13.2 Å². The molecule has 7 heteroatoms. The van der Waals surface area contributed by atoms with E-state index in [1.54, 1.807) is 18.2 Å². The number of primary amides is 1. The molecular weight excluding hydrogens is 284 g/mol. The van der Waals surface area contributed by atoms with E-state index in [1.165, 1.54) is 0 Å². The molecule has 0 fully saturated rings. The molecule has 0 saturated carbocycles. The van der Waals surface area contributed by atoms with E-state index in [-0.39, 0.29) is 6.61 Å². The third-order valence-electron chi connectivity index (χ3n) is 2.38. The Morgan fingerprint density at radius 2 is 2.20 bits per heavy atom. The Hall–Kier alpha value is -2.21. The van der Waals surface area contributed by atoms with Gasteiger partial charge in [0.2, 0.25) is 0 Å². The minimum absolute atomic E-state index is 0.203. The molecule has 2 rings (SSSR count). The minimum Gasteiger partial charge on any atom is -0.475 e. The summed E-state index contributed by atoms with van der Waals surface area (Å²) in [5, 5.41) is 4.40. The molecule has 0 radical (unpaired) electrons. The Bertz CT molecular complexity index is 585. The Balaban J connectivity index is 1.85. The molecule has 6 nitrogen and oxygen atoms in total. The predicted molar refractivity (Wildman–Crippen MR) is 72.6 cm³/mol. The van der Waals surface area contributed by atoms with E-state index in [4.69, 9.17) is 26.6 Å². The molecule has 20 heavy (non-hydrogen) atoms. The van der Waals surface area contributed by atoms with E-state index in [9.17, 15) is 4.79 Å². The first kappa shape index (κ1) is 14.2. The molecular formula is C13H13ClN2O4. The highest BCUT2D eigenvalue weighted by molar-refractivity contribution is 6.30. The molecule has 1 aromatic carbocycles. The molecule has 0 aliphatic heterocycles. The lowest BCUT2D eigenvalue weighted by Gasteiger charge is -2.01. The minimum atomic E-state index is -0.797. The van der Waals surface area contributed by atoms with Crippen LogP contribution in [0.2, 0.25) is 5.02 Å². The van der Waals surface area contributed by atoms with Crippen LogP contribution in [0.4, 0.5) is 4.79 Å². The zero-order valence-corrected chi connectivity index (χ0v) is 11.3. The molecule has 1 aromatic heterocycles. The van der Waals surface area contributed by atoms with Crippen LogP contribution in [0.25, 0.3) is 11.3 Å². The summed E-state index contributed by atoms with van der Waals surface area (Å²) >= 11 is 5.90. The third-order valence-corrected chi connectivity index (χ3v) is 2.62. The zero-order valence-electron chi connectivity index (χ0n) is 10.5. The molecule has 0 aliphatic rings. The maximum absolute atomic E-state index is 10.3. The van der Waals surface area contributed by atoms with Crippen molar-refractivity contribution in [2.45, 2.75) is 6.42 Å². The SMILES string of the molecule is NC(=O)OCCCOc1cc(-c2cccc(Cl)c2)on1. The van der Waals surface area contributed by atoms with Gasteiger partial charge in [-0.1, -0.05) is 23.7 Å². The maximum atomic E-state index is 10.3. The average molecular weight is 297 g/mol. The van der Waals surface area contributed by atoms with Gasteiger partial charge in [-0.2, -0.15) is 0 Å². The van der Waals surface area contributed by atoms with Crippen LogP contribution >= 0.6 is 11.6 Å². The quantitative estimate of drug-likeness (QED) is 0.828. The highest BCUT2D eigenvalue weighted by Gasteiger charge is 2.08. The second-order valence-corrected chi connectivity index (χ2v) is 4.35. The Morgan fingerprint density at radius 1 is 1.35 bits per heavy atom. The fourth-order valence-corrected chi connectivity index (χ4v) is 1.70. The van der Waals surface area contributed by atoms with Gasteiger partial charge < -0.3 is 19.7 Å². The standard InChI is InChI=1S/C13H13ClN2O4/c14-10-4-1-3-9(7-10)11-8-12(16-20-11)18-5-2-6-19-13(15)17/h1,3-4,7-8H,2,5-6H2,(H2,15,17). The van der Waals surface area contributed by atoms with Crippen molar-refractivity contribution < 1.29 is 18.8 Å². The number of hydrogen-bond donors (Lipinski definition) is 1. The van der Waals surface area contributed by atoms with Crippen molar-refractivity contribution >= 4 is 17.7 Å². The monoisotopic (exact) mass is 296 g/mol. The molecule has 0 saturated heterocycles. The number of ether oxygens (including phenoxy) is 2. The second-order valence-electron chi connectivity index (χ2n) is 3.91. The lowest BCUT2D eigenvalue weighted by atomic mass is 10.2. The third kappa shape index (κ3) is 4.17. The highest BCUT2D eigenvalue weighted by atomic mass is 35.5. The molecule has 1 heterocycles. The molecule has 0 unspecified atom stereocenters. The van der Waals surface area contributed by atoms with Crippen LogP contribution in [0, 0.1) is 0 Å². The number of rotatable bonds is 6. The van der Waals surface area contributed by atoms with Crippen LogP contribution in [0.5, 0.6) is 5.88 Å². The van der Waals surface area contributed by atoms with Crippen molar-refractivity contribution in [3.05, 3.63) is 35.4 Å². The largest absolute Gasteiger partial charge is 0.475 e. The van der Waals surface area contributed by atoms with Gasteiger partial charge in [0.25, 0.3) is 5.88 Å². The maximum Gasteiger partial charge on any atom is 0.404 e. The van der Waals surface area contributed by atoms with Gasteiger partial charge in [-0.05, 0) is 17.3 Å². The van der Waals surface area contributed by atoms with Crippen molar-refractivity contribution in [1.82, 2.24) is 5.16 Å². The van der Waals surface area contributed by atoms with Gasteiger partial charge in [0.15, 0.2) is 5.76 Å². The van der Waals surface area contributed by atoms with Gasteiger partial charge in [-0.25, -0.2) is 4.79 Å². The average Bonchev–Trinajstić information content (AvgIpc) is 2.87. The van der Waals surface area contributed by atoms with Crippen molar-refractivity contribution in [2.75, 3.05) is 13.2 Å².